The van der Waals surface area contributed by atoms with Gasteiger partial charge in [-0.2, -0.15) is 5.10 Å². The van der Waals surface area contributed by atoms with E-state index in [9.17, 15) is 9.90 Å². The summed E-state index contributed by atoms with van der Waals surface area (Å²) in [5, 5.41) is 15.0. The lowest BCUT2D eigenvalue weighted by Crippen LogP contribution is -2.21. The normalized spacial score (nSPS) is 11.7. The minimum Gasteiger partial charge on any atom is -0.495 e. The van der Waals surface area contributed by atoms with Crippen LogP contribution in [0.5, 0.6) is 5.75 Å². The molecule has 1 N–H and O–H groups in total. The number of aromatic nitrogens is 6. The summed E-state index contributed by atoms with van der Waals surface area (Å²) in [7, 11) is 3.30. The Kier molecular flexibility index (Phi) is 5.21. The third-order valence-corrected chi connectivity index (χ3v) is 6.18. The van der Waals surface area contributed by atoms with Gasteiger partial charge >= 0.3 is 5.69 Å². The van der Waals surface area contributed by atoms with Gasteiger partial charge in [-0.05, 0) is 44.5 Å². The van der Waals surface area contributed by atoms with Crippen LogP contribution in [0.15, 0.2) is 47.7 Å². The van der Waals surface area contributed by atoms with Gasteiger partial charge in [-0.1, -0.05) is 6.07 Å². The van der Waals surface area contributed by atoms with Crippen molar-refractivity contribution in [3.63, 3.8) is 0 Å². The molecule has 0 bridgehead atoms. The van der Waals surface area contributed by atoms with E-state index in [1.807, 2.05) is 42.1 Å². The van der Waals surface area contributed by atoms with Gasteiger partial charge in [0.1, 0.15) is 11.4 Å². The van der Waals surface area contributed by atoms with E-state index in [1.54, 1.807) is 35.7 Å². The summed E-state index contributed by atoms with van der Waals surface area (Å²) in [6.45, 7) is 5.82. The first kappa shape index (κ1) is 21.8. The van der Waals surface area contributed by atoms with E-state index in [2.05, 4.69) is 28.9 Å². The second-order valence-corrected chi connectivity index (χ2v) is 8.61. The Hall–Kier alpha value is -3.98. The zero-order valence-corrected chi connectivity index (χ0v) is 19.8. The smallest absolute Gasteiger partial charge is 0.333 e. The number of aryl methyl sites for hydroxylation is 2. The van der Waals surface area contributed by atoms with Crippen molar-refractivity contribution in [2.24, 2.45) is 7.05 Å². The lowest BCUT2D eigenvalue weighted by Gasteiger charge is -2.10. The largest absolute Gasteiger partial charge is 0.495 e. The van der Waals surface area contributed by atoms with Gasteiger partial charge in [-0.15, -0.1) is 0 Å². The number of hydrogen-bond acceptors (Lipinski definition) is 6. The SMILES string of the molecule is COc1cc(-c2ccc3ncc4c(c3c2)n(-c2cn(C(C)C)nc2C)c(=O)n4C)cnc1CO. The fourth-order valence-electron chi connectivity index (χ4n) is 4.28. The van der Waals surface area contributed by atoms with Gasteiger partial charge in [0, 0.05) is 36.4 Å². The van der Waals surface area contributed by atoms with Crippen LogP contribution in [0.1, 0.15) is 31.3 Å². The summed E-state index contributed by atoms with van der Waals surface area (Å²) in [6, 6.07) is 7.93. The predicted octanol–water partition coefficient (Wildman–Crippen LogP) is 3.53. The molecular formula is C25H26N6O3. The standard InChI is InChI=1S/C25H26N6O3/c1-14(2)30-12-22(15(3)28-30)31-24-18-8-16(17-9-23(34-5)20(13-32)26-10-17)6-7-19(18)27-11-21(24)29(4)25(31)33/h6-12,14,32H,13H2,1-5H3. The van der Waals surface area contributed by atoms with Crippen LogP contribution in [0, 0.1) is 6.92 Å². The number of aliphatic hydroxyl groups is 1. The molecule has 9 nitrogen and oxygen atoms in total. The molecular weight excluding hydrogens is 432 g/mol. The molecule has 9 heteroatoms. The molecule has 0 amide bonds. The molecule has 4 aromatic heterocycles. The van der Waals surface area contributed by atoms with Crippen molar-refractivity contribution in [1.29, 1.82) is 0 Å². The average Bonchev–Trinajstić information content (AvgIpc) is 3.35. The summed E-state index contributed by atoms with van der Waals surface area (Å²) >= 11 is 0. The Balaban J connectivity index is 1.81. The molecule has 0 aliphatic heterocycles. The fourth-order valence-corrected chi connectivity index (χ4v) is 4.28. The minimum atomic E-state index is -0.203. The van der Waals surface area contributed by atoms with Gasteiger partial charge in [-0.3, -0.25) is 23.8 Å². The third-order valence-electron chi connectivity index (χ3n) is 6.18. The lowest BCUT2D eigenvalue weighted by molar-refractivity contribution is 0.268. The summed E-state index contributed by atoms with van der Waals surface area (Å²) < 4.78 is 10.6. The van der Waals surface area contributed by atoms with Crippen LogP contribution in [0.3, 0.4) is 0 Å². The monoisotopic (exact) mass is 458 g/mol. The molecule has 0 aliphatic rings. The number of ether oxygens (including phenoxy) is 1. The zero-order chi connectivity index (χ0) is 24.1. The first-order valence-corrected chi connectivity index (χ1v) is 11.0. The van der Waals surface area contributed by atoms with E-state index in [4.69, 9.17) is 4.74 Å². The highest BCUT2D eigenvalue weighted by molar-refractivity contribution is 6.04. The first-order chi connectivity index (χ1) is 16.3. The Morgan fingerprint density at radius 3 is 2.59 bits per heavy atom. The van der Waals surface area contributed by atoms with Crippen LogP contribution in [0.25, 0.3) is 38.8 Å². The van der Waals surface area contributed by atoms with Crippen molar-refractivity contribution < 1.29 is 9.84 Å². The summed E-state index contributed by atoms with van der Waals surface area (Å²) in [6.07, 6.45) is 5.36. The zero-order valence-electron chi connectivity index (χ0n) is 19.8. The summed E-state index contributed by atoms with van der Waals surface area (Å²) in [5.41, 5.74) is 5.86. The summed E-state index contributed by atoms with van der Waals surface area (Å²) in [4.78, 5) is 22.3. The highest BCUT2D eigenvalue weighted by atomic mass is 16.5. The van der Waals surface area contributed by atoms with Gasteiger partial charge in [-0.25, -0.2) is 4.79 Å². The van der Waals surface area contributed by atoms with Crippen molar-refractivity contribution in [2.45, 2.75) is 33.4 Å². The van der Waals surface area contributed by atoms with Gasteiger partial charge < -0.3 is 9.84 Å². The molecule has 5 aromatic rings. The molecule has 4 heterocycles. The van der Waals surface area contributed by atoms with E-state index in [0.29, 0.717) is 11.4 Å². The van der Waals surface area contributed by atoms with Gasteiger partial charge in [0.15, 0.2) is 0 Å². The van der Waals surface area contributed by atoms with Crippen LogP contribution < -0.4 is 10.4 Å². The van der Waals surface area contributed by atoms with E-state index in [-0.39, 0.29) is 18.3 Å². The number of pyridine rings is 2. The number of nitrogens with zero attached hydrogens (tertiary/aromatic N) is 6. The topological polar surface area (TPSA) is 100.0 Å². The Morgan fingerprint density at radius 2 is 1.91 bits per heavy atom. The lowest BCUT2D eigenvalue weighted by atomic mass is 10.0. The van der Waals surface area contributed by atoms with Gasteiger partial charge in [0.2, 0.25) is 0 Å². The molecule has 1 aromatic carbocycles. The van der Waals surface area contributed by atoms with Crippen LogP contribution in [-0.4, -0.2) is 41.1 Å². The third kappa shape index (κ3) is 3.28. The molecule has 0 saturated heterocycles. The van der Waals surface area contributed by atoms with Crippen molar-refractivity contribution in [1.82, 2.24) is 28.9 Å². The minimum absolute atomic E-state index is 0.156. The number of aliphatic hydroxyl groups excluding tert-OH is 1. The molecule has 0 saturated carbocycles. The van der Waals surface area contributed by atoms with E-state index >= 15 is 0 Å². The Labute approximate surface area is 195 Å². The Bertz CT molecular complexity index is 1610. The number of fused-ring (bicyclic) bond motifs is 3. The van der Waals surface area contributed by atoms with Crippen molar-refractivity contribution >= 4 is 21.9 Å². The number of methoxy groups -OCH3 is 1. The molecule has 0 unspecified atom stereocenters. The summed E-state index contributed by atoms with van der Waals surface area (Å²) in [5.74, 6) is 0.518. The van der Waals surface area contributed by atoms with E-state index in [1.165, 1.54) is 0 Å². The van der Waals surface area contributed by atoms with Gasteiger partial charge in [0.25, 0.3) is 0 Å². The van der Waals surface area contributed by atoms with Crippen molar-refractivity contribution in [2.75, 3.05) is 7.11 Å². The Morgan fingerprint density at radius 1 is 1.12 bits per heavy atom. The van der Waals surface area contributed by atoms with E-state index < -0.39 is 0 Å². The maximum absolute atomic E-state index is 13.4. The number of imidazole rings is 1. The number of rotatable bonds is 5. The highest BCUT2D eigenvalue weighted by Gasteiger charge is 2.20. The van der Waals surface area contributed by atoms with Crippen LogP contribution in [0.4, 0.5) is 0 Å². The number of hydrogen-bond donors (Lipinski definition) is 1. The van der Waals surface area contributed by atoms with Crippen LogP contribution >= 0.6 is 0 Å². The molecule has 0 radical (unpaired) electrons. The fraction of sp³-hybridized carbons (Fsp3) is 0.280. The van der Waals surface area contributed by atoms with Gasteiger partial charge in [0.05, 0.1) is 47.8 Å². The second-order valence-electron chi connectivity index (χ2n) is 8.61. The second kappa shape index (κ2) is 8.11. The maximum Gasteiger partial charge on any atom is 0.333 e. The number of benzene rings is 1. The molecule has 0 aliphatic carbocycles. The molecule has 0 spiro atoms. The quantitative estimate of drug-likeness (QED) is 0.433. The molecule has 5 rings (SSSR count). The van der Waals surface area contributed by atoms with Crippen LogP contribution in [0.2, 0.25) is 0 Å². The maximum atomic E-state index is 13.4. The predicted molar refractivity (Wildman–Crippen MR) is 130 cm³/mol. The van der Waals surface area contributed by atoms with E-state index in [0.717, 1.165) is 44.4 Å². The molecule has 174 valence electrons. The van der Waals surface area contributed by atoms with Crippen molar-refractivity contribution in [3.8, 4) is 22.6 Å². The molecule has 34 heavy (non-hydrogen) atoms. The highest BCUT2D eigenvalue weighted by Crippen LogP contribution is 2.32. The van der Waals surface area contributed by atoms with Crippen LogP contribution in [-0.2, 0) is 13.7 Å². The average molecular weight is 459 g/mol. The van der Waals surface area contributed by atoms with Crippen molar-refractivity contribution in [3.05, 3.63) is 64.7 Å². The molecule has 0 atom stereocenters. The molecule has 0 fully saturated rings. The first-order valence-electron chi connectivity index (χ1n) is 11.0.